The van der Waals surface area contributed by atoms with Gasteiger partial charge in [-0.05, 0) is 78.3 Å². The van der Waals surface area contributed by atoms with Crippen LogP contribution in [0.2, 0.25) is 0 Å². The summed E-state index contributed by atoms with van der Waals surface area (Å²) in [6.45, 7) is 4.52. The van der Waals surface area contributed by atoms with E-state index in [1.165, 1.54) is 0 Å². The van der Waals surface area contributed by atoms with Gasteiger partial charge in [0.15, 0.2) is 0 Å². The molecule has 8 heterocycles. The number of fused-ring (bicyclic) bond motifs is 6. The Hall–Kier alpha value is -5.26. The number of ether oxygens (including phenoxy) is 1. The summed E-state index contributed by atoms with van der Waals surface area (Å²) in [7, 11) is 0. The first-order valence-corrected chi connectivity index (χ1v) is 15.1. The molecule has 0 atom stereocenters. The molecule has 0 saturated carbocycles. The summed E-state index contributed by atoms with van der Waals surface area (Å²) in [5.74, 6) is 0.774. The van der Waals surface area contributed by atoms with Crippen molar-refractivity contribution in [3.63, 3.8) is 0 Å². The highest BCUT2D eigenvalue weighted by atomic mass is 79.9. The standard InChI is InChI=1S/C17H14N4O.C15H9BrN4.C2H6O/c1-2-22-12-6-14-13-7-15(11-4-3-5-18-8-11)19-10-16(13)21-17(14)20-9-12;16-10-4-12-11-5-13(9-2-1-3-17-6-9)18-8-14(11)20-15(12)19-7-10;1-2-3/h3-10H,2H2,1H3,(H,20,21);1-8H,(H,19,20);3H,2H2,1H3. The van der Waals surface area contributed by atoms with Crippen molar-refractivity contribution in [3.05, 3.63) is 103 Å². The number of rotatable bonds is 4. The molecule has 3 N–H and O–H groups in total. The number of hydrogen-bond acceptors (Lipinski definition) is 8. The van der Waals surface area contributed by atoms with Crippen LogP contribution in [0.25, 0.3) is 66.4 Å². The molecule has 0 spiro atoms. The molecule has 0 unspecified atom stereocenters. The van der Waals surface area contributed by atoms with Crippen LogP contribution in [-0.2, 0) is 0 Å². The van der Waals surface area contributed by atoms with Crippen LogP contribution in [0.3, 0.4) is 0 Å². The van der Waals surface area contributed by atoms with Gasteiger partial charge in [0, 0.05) is 74.7 Å². The van der Waals surface area contributed by atoms with Crippen molar-refractivity contribution in [1.82, 2.24) is 39.9 Å². The summed E-state index contributed by atoms with van der Waals surface area (Å²) in [6, 6.07) is 16.0. The van der Waals surface area contributed by atoms with E-state index in [1.54, 1.807) is 31.7 Å². The van der Waals surface area contributed by atoms with Crippen LogP contribution in [0.1, 0.15) is 13.8 Å². The monoisotopic (exact) mass is 660 g/mol. The molecule has 11 heteroatoms. The molecule has 224 valence electrons. The molecule has 0 aliphatic carbocycles. The summed E-state index contributed by atoms with van der Waals surface area (Å²) in [5, 5.41) is 11.9. The molecule has 0 aliphatic rings. The Kier molecular flexibility index (Phi) is 8.99. The fourth-order valence-electron chi connectivity index (χ4n) is 4.90. The maximum absolute atomic E-state index is 7.57. The second kappa shape index (κ2) is 13.6. The number of H-pyrrole nitrogens is 2. The van der Waals surface area contributed by atoms with Gasteiger partial charge in [0.05, 0.1) is 47.6 Å². The molecule has 0 aromatic carbocycles. The van der Waals surface area contributed by atoms with E-state index in [4.69, 9.17) is 9.84 Å². The number of aromatic amines is 2. The Labute approximate surface area is 266 Å². The number of nitrogens with one attached hydrogen (secondary N) is 2. The van der Waals surface area contributed by atoms with Crippen LogP contribution >= 0.6 is 15.9 Å². The molecule has 0 bridgehead atoms. The summed E-state index contributed by atoms with van der Waals surface area (Å²) >= 11 is 3.46. The highest BCUT2D eigenvalue weighted by Gasteiger charge is 2.10. The lowest BCUT2D eigenvalue weighted by atomic mass is 10.1. The summed E-state index contributed by atoms with van der Waals surface area (Å²) in [4.78, 5) is 32.6. The molecule has 8 rings (SSSR count). The van der Waals surface area contributed by atoms with Gasteiger partial charge >= 0.3 is 0 Å². The predicted molar refractivity (Wildman–Crippen MR) is 181 cm³/mol. The first kappa shape index (κ1) is 29.8. The van der Waals surface area contributed by atoms with Crippen LogP contribution in [0, 0.1) is 0 Å². The summed E-state index contributed by atoms with van der Waals surface area (Å²) in [5.41, 5.74) is 7.45. The Morgan fingerprint density at radius 3 is 1.71 bits per heavy atom. The van der Waals surface area contributed by atoms with Crippen LogP contribution < -0.4 is 4.74 Å². The van der Waals surface area contributed by atoms with E-state index >= 15 is 0 Å². The number of nitrogens with zero attached hydrogens (tertiary/aromatic N) is 6. The number of halogens is 1. The SMILES string of the molecule is Brc1cnc2[nH]c3cnc(-c4cccnc4)cc3c2c1.CCO.CCOc1cnc2[nH]c3cnc(-c4cccnc4)cc3c2c1. The summed E-state index contributed by atoms with van der Waals surface area (Å²) in [6.07, 6.45) is 14.3. The average Bonchev–Trinajstić information content (AvgIpc) is 3.63. The first-order chi connectivity index (χ1) is 22.1. The fraction of sp³-hybridized carbons (Fsp3) is 0.118. The highest BCUT2D eigenvalue weighted by Crippen LogP contribution is 2.30. The third kappa shape index (κ3) is 6.49. The van der Waals surface area contributed by atoms with E-state index < -0.39 is 0 Å². The molecule has 0 radical (unpaired) electrons. The zero-order chi connectivity index (χ0) is 31.2. The molecule has 0 saturated heterocycles. The Bertz CT molecular complexity index is 2200. The molecular weight excluding hydrogens is 632 g/mol. The van der Waals surface area contributed by atoms with Gasteiger partial charge in [0.1, 0.15) is 17.0 Å². The largest absolute Gasteiger partial charge is 0.492 e. The van der Waals surface area contributed by atoms with E-state index in [9.17, 15) is 0 Å². The smallest absolute Gasteiger partial charge is 0.138 e. The van der Waals surface area contributed by atoms with E-state index in [0.717, 1.165) is 76.6 Å². The number of aliphatic hydroxyl groups is 1. The maximum atomic E-state index is 7.57. The van der Waals surface area contributed by atoms with Crippen molar-refractivity contribution in [1.29, 1.82) is 0 Å². The van der Waals surface area contributed by atoms with Gasteiger partial charge in [-0.3, -0.25) is 19.9 Å². The van der Waals surface area contributed by atoms with Gasteiger partial charge in [-0.25, -0.2) is 9.97 Å². The van der Waals surface area contributed by atoms with Crippen LogP contribution in [0.15, 0.2) is 103 Å². The normalized spacial score (nSPS) is 10.8. The fourth-order valence-corrected chi connectivity index (χ4v) is 5.23. The van der Waals surface area contributed by atoms with E-state index in [-0.39, 0.29) is 6.61 Å². The summed E-state index contributed by atoms with van der Waals surface area (Å²) < 4.78 is 6.51. The molecule has 8 aromatic rings. The topological polar surface area (TPSA) is 138 Å². The van der Waals surface area contributed by atoms with Crippen molar-refractivity contribution in [2.75, 3.05) is 13.2 Å². The van der Waals surface area contributed by atoms with E-state index in [0.29, 0.717) is 6.61 Å². The molecule has 0 fully saturated rings. The van der Waals surface area contributed by atoms with Gasteiger partial charge in [-0.2, -0.15) is 0 Å². The Morgan fingerprint density at radius 2 is 1.20 bits per heavy atom. The third-order valence-corrected chi connectivity index (χ3v) is 7.27. The molecular formula is C34H29BrN8O2. The minimum absolute atomic E-state index is 0.250. The Balaban J connectivity index is 0.000000147. The minimum atomic E-state index is 0.250. The molecule has 0 amide bonds. The number of aromatic nitrogens is 8. The van der Waals surface area contributed by atoms with Gasteiger partial charge in [0.25, 0.3) is 0 Å². The third-order valence-electron chi connectivity index (χ3n) is 6.84. The van der Waals surface area contributed by atoms with E-state index in [1.807, 2.05) is 62.0 Å². The molecule has 0 aliphatic heterocycles. The van der Waals surface area contributed by atoms with Gasteiger partial charge < -0.3 is 19.8 Å². The average molecular weight is 662 g/mol. The molecule has 45 heavy (non-hydrogen) atoms. The number of hydrogen-bond donors (Lipinski definition) is 3. The lowest BCUT2D eigenvalue weighted by Gasteiger charge is -2.02. The molecule has 8 aromatic heterocycles. The zero-order valence-electron chi connectivity index (χ0n) is 24.6. The lowest BCUT2D eigenvalue weighted by molar-refractivity contribution is 0.318. The Morgan fingerprint density at radius 1 is 0.667 bits per heavy atom. The zero-order valence-corrected chi connectivity index (χ0v) is 26.2. The van der Waals surface area contributed by atoms with Crippen LogP contribution in [0.5, 0.6) is 5.75 Å². The lowest BCUT2D eigenvalue weighted by Crippen LogP contribution is -1.91. The predicted octanol–water partition coefficient (Wildman–Crippen LogP) is 7.51. The van der Waals surface area contributed by atoms with Gasteiger partial charge in [-0.15, -0.1) is 0 Å². The van der Waals surface area contributed by atoms with Gasteiger partial charge in [0.2, 0.25) is 0 Å². The van der Waals surface area contributed by atoms with Crippen molar-refractivity contribution < 1.29 is 9.84 Å². The first-order valence-electron chi connectivity index (χ1n) is 14.3. The second-order valence-corrected chi connectivity index (χ2v) is 10.7. The van der Waals surface area contributed by atoms with Crippen molar-refractivity contribution in [3.8, 4) is 28.3 Å². The minimum Gasteiger partial charge on any atom is -0.492 e. The maximum Gasteiger partial charge on any atom is 0.138 e. The van der Waals surface area contributed by atoms with Crippen LogP contribution in [-0.4, -0.2) is 58.2 Å². The van der Waals surface area contributed by atoms with Crippen molar-refractivity contribution >= 4 is 59.8 Å². The van der Waals surface area contributed by atoms with Gasteiger partial charge in [-0.1, -0.05) is 0 Å². The van der Waals surface area contributed by atoms with Crippen LogP contribution in [0.4, 0.5) is 0 Å². The highest BCUT2D eigenvalue weighted by molar-refractivity contribution is 9.10. The number of pyridine rings is 6. The quantitative estimate of drug-likeness (QED) is 0.176. The number of aliphatic hydroxyl groups excluding tert-OH is 1. The van der Waals surface area contributed by atoms with Crippen molar-refractivity contribution in [2.24, 2.45) is 0 Å². The second-order valence-electron chi connectivity index (χ2n) is 9.83. The molecule has 10 nitrogen and oxygen atoms in total. The van der Waals surface area contributed by atoms with Crippen molar-refractivity contribution in [2.45, 2.75) is 13.8 Å². The van der Waals surface area contributed by atoms with E-state index in [2.05, 4.69) is 74.0 Å².